The molecule has 0 N–H and O–H groups in total. The van der Waals surface area contributed by atoms with Crippen molar-refractivity contribution >= 4 is 23.8 Å². The topological polar surface area (TPSA) is 55.7 Å². The van der Waals surface area contributed by atoms with Crippen LogP contribution in [0.1, 0.15) is 18.9 Å². The van der Waals surface area contributed by atoms with Gasteiger partial charge in [-0.05, 0) is 13.0 Å². The third kappa shape index (κ3) is 4.45. The number of aliphatic imine (C=N–C) groups is 1. The molecule has 17 heavy (non-hydrogen) atoms. The van der Waals surface area contributed by atoms with Gasteiger partial charge in [0.25, 0.3) is 0 Å². The molecule has 0 bridgehead atoms. The Morgan fingerprint density at radius 1 is 1.47 bits per heavy atom. The molecule has 0 saturated heterocycles. The van der Waals surface area contributed by atoms with Gasteiger partial charge in [-0.2, -0.15) is 4.99 Å². The molecule has 0 aliphatic carbocycles. The van der Waals surface area contributed by atoms with E-state index < -0.39 is 0 Å². The molecular formula is C13H13NO3. The van der Waals surface area contributed by atoms with Gasteiger partial charge in [-0.1, -0.05) is 30.4 Å². The van der Waals surface area contributed by atoms with E-state index in [4.69, 9.17) is 4.74 Å². The number of para-hydroxylation sites is 1. The molecule has 0 fully saturated rings. The molecule has 4 nitrogen and oxygen atoms in total. The van der Waals surface area contributed by atoms with Gasteiger partial charge in [0.1, 0.15) is 0 Å². The first-order chi connectivity index (χ1) is 8.27. The first-order valence-electron chi connectivity index (χ1n) is 5.27. The van der Waals surface area contributed by atoms with Crippen molar-refractivity contribution in [1.82, 2.24) is 0 Å². The van der Waals surface area contributed by atoms with Crippen molar-refractivity contribution in [3.05, 3.63) is 35.9 Å². The fourth-order valence-corrected chi connectivity index (χ4v) is 1.28. The SMILES string of the molecule is CCOC(=O)CC=Cc1ccccc1N=C=O. The second-order valence-electron chi connectivity index (χ2n) is 3.17. The molecule has 0 saturated carbocycles. The lowest BCUT2D eigenvalue weighted by molar-refractivity contribution is -0.142. The molecule has 0 aromatic heterocycles. The predicted octanol–water partition coefficient (Wildman–Crippen LogP) is 2.62. The van der Waals surface area contributed by atoms with Crippen molar-refractivity contribution in [1.29, 1.82) is 0 Å². The minimum absolute atomic E-state index is 0.201. The van der Waals surface area contributed by atoms with E-state index in [0.717, 1.165) is 5.56 Å². The second-order valence-corrected chi connectivity index (χ2v) is 3.17. The fourth-order valence-electron chi connectivity index (χ4n) is 1.28. The van der Waals surface area contributed by atoms with Crippen LogP contribution in [0.5, 0.6) is 0 Å². The summed E-state index contributed by atoms with van der Waals surface area (Å²) >= 11 is 0. The second kappa shape index (κ2) is 7.14. The van der Waals surface area contributed by atoms with Gasteiger partial charge in [-0.15, -0.1) is 0 Å². The zero-order valence-electron chi connectivity index (χ0n) is 9.55. The highest BCUT2D eigenvalue weighted by molar-refractivity contribution is 5.74. The first-order valence-corrected chi connectivity index (χ1v) is 5.27. The van der Waals surface area contributed by atoms with E-state index in [2.05, 4.69) is 4.99 Å². The van der Waals surface area contributed by atoms with E-state index in [0.29, 0.717) is 12.3 Å². The summed E-state index contributed by atoms with van der Waals surface area (Å²) in [5.41, 5.74) is 1.29. The largest absolute Gasteiger partial charge is 0.466 e. The summed E-state index contributed by atoms with van der Waals surface area (Å²) < 4.78 is 4.78. The lowest BCUT2D eigenvalue weighted by atomic mass is 10.1. The minimum Gasteiger partial charge on any atom is -0.466 e. The van der Waals surface area contributed by atoms with Gasteiger partial charge in [0.15, 0.2) is 0 Å². The Bertz CT molecular complexity index is 459. The van der Waals surface area contributed by atoms with Crippen molar-refractivity contribution in [2.75, 3.05) is 6.61 Å². The van der Waals surface area contributed by atoms with Crippen molar-refractivity contribution in [2.24, 2.45) is 4.99 Å². The van der Waals surface area contributed by atoms with Crippen LogP contribution in [-0.2, 0) is 14.3 Å². The van der Waals surface area contributed by atoms with Crippen molar-refractivity contribution in [3.8, 4) is 0 Å². The maximum atomic E-state index is 11.1. The molecule has 0 unspecified atom stereocenters. The molecule has 0 atom stereocenters. The van der Waals surface area contributed by atoms with Crippen LogP contribution in [0.2, 0.25) is 0 Å². The van der Waals surface area contributed by atoms with E-state index in [1.54, 1.807) is 37.3 Å². The third-order valence-electron chi connectivity index (χ3n) is 1.99. The van der Waals surface area contributed by atoms with Crippen LogP contribution in [0, 0.1) is 0 Å². The summed E-state index contributed by atoms with van der Waals surface area (Å²) in [4.78, 5) is 24.9. The Morgan fingerprint density at radius 3 is 2.94 bits per heavy atom. The molecule has 1 aromatic carbocycles. The smallest absolute Gasteiger partial charge is 0.309 e. The van der Waals surface area contributed by atoms with E-state index >= 15 is 0 Å². The van der Waals surface area contributed by atoms with Gasteiger partial charge < -0.3 is 4.74 Å². The normalized spacial score (nSPS) is 9.94. The Morgan fingerprint density at radius 2 is 2.24 bits per heavy atom. The summed E-state index contributed by atoms with van der Waals surface area (Å²) in [6, 6.07) is 7.11. The van der Waals surface area contributed by atoms with Gasteiger partial charge in [-0.25, -0.2) is 4.79 Å². The maximum Gasteiger partial charge on any atom is 0.309 e. The number of carbonyl (C=O) groups is 1. The van der Waals surface area contributed by atoms with Crippen molar-refractivity contribution in [3.63, 3.8) is 0 Å². The average molecular weight is 231 g/mol. The van der Waals surface area contributed by atoms with Gasteiger partial charge in [-0.3, -0.25) is 4.79 Å². The Balaban J connectivity index is 2.71. The molecule has 88 valence electrons. The molecule has 0 aliphatic rings. The zero-order valence-corrected chi connectivity index (χ0v) is 9.55. The highest BCUT2D eigenvalue weighted by atomic mass is 16.5. The summed E-state index contributed by atoms with van der Waals surface area (Å²) in [7, 11) is 0. The fraction of sp³-hybridized carbons (Fsp3) is 0.231. The molecule has 0 radical (unpaired) electrons. The molecule has 1 rings (SSSR count). The first kappa shape index (κ1) is 12.9. The Kier molecular flexibility index (Phi) is 5.41. The summed E-state index contributed by atoms with van der Waals surface area (Å²) in [5.74, 6) is -0.278. The highest BCUT2D eigenvalue weighted by Gasteiger charge is 1.98. The molecule has 0 amide bonds. The molecule has 0 aliphatic heterocycles. The Hall–Kier alpha value is -2.19. The standard InChI is InChI=1S/C13H13NO3/c1-2-17-13(16)9-5-7-11-6-3-4-8-12(11)14-10-15/h3-8H,2,9H2,1H3. The van der Waals surface area contributed by atoms with Gasteiger partial charge in [0.05, 0.1) is 18.7 Å². The summed E-state index contributed by atoms with van der Waals surface area (Å²) in [6.07, 6.45) is 5.10. The number of isocyanates is 1. The predicted molar refractivity (Wildman–Crippen MR) is 64.5 cm³/mol. The van der Waals surface area contributed by atoms with E-state index in [1.165, 1.54) is 6.08 Å². The van der Waals surface area contributed by atoms with E-state index in [1.807, 2.05) is 6.07 Å². The molecule has 0 heterocycles. The van der Waals surface area contributed by atoms with Crippen LogP contribution >= 0.6 is 0 Å². The van der Waals surface area contributed by atoms with Crippen LogP contribution in [0.15, 0.2) is 35.3 Å². The number of carbonyl (C=O) groups excluding carboxylic acids is 2. The number of nitrogens with zero attached hydrogens (tertiary/aromatic N) is 1. The van der Waals surface area contributed by atoms with Gasteiger partial charge in [0.2, 0.25) is 6.08 Å². The third-order valence-corrected chi connectivity index (χ3v) is 1.99. The monoisotopic (exact) mass is 231 g/mol. The zero-order chi connectivity index (χ0) is 12.5. The minimum atomic E-state index is -0.278. The lowest BCUT2D eigenvalue weighted by Crippen LogP contribution is -2.01. The highest BCUT2D eigenvalue weighted by Crippen LogP contribution is 2.19. The van der Waals surface area contributed by atoms with Crippen LogP contribution in [-0.4, -0.2) is 18.7 Å². The maximum absolute atomic E-state index is 11.1. The summed E-state index contributed by atoms with van der Waals surface area (Å²) in [5, 5.41) is 0. The van der Waals surface area contributed by atoms with Crippen LogP contribution in [0.25, 0.3) is 6.08 Å². The van der Waals surface area contributed by atoms with Crippen LogP contribution in [0.4, 0.5) is 5.69 Å². The molecule has 0 spiro atoms. The summed E-state index contributed by atoms with van der Waals surface area (Å²) in [6.45, 7) is 2.13. The number of esters is 1. The van der Waals surface area contributed by atoms with E-state index in [9.17, 15) is 9.59 Å². The number of rotatable bonds is 5. The molecule has 1 aromatic rings. The van der Waals surface area contributed by atoms with Crippen molar-refractivity contribution in [2.45, 2.75) is 13.3 Å². The number of hydrogen-bond acceptors (Lipinski definition) is 4. The quantitative estimate of drug-likeness (QED) is 0.444. The molecule has 4 heteroatoms. The molecular weight excluding hydrogens is 218 g/mol. The van der Waals surface area contributed by atoms with Crippen LogP contribution < -0.4 is 0 Å². The van der Waals surface area contributed by atoms with Gasteiger partial charge in [0, 0.05) is 5.56 Å². The van der Waals surface area contributed by atoms with E-state index in [-0.39, 0.29) is 12.4 Å². The number of benzene rings is 1. The van der Waals surface area contributed by atoms with Crippen LogP contribution in [0.3, 0.4) is 0 Å². The van der Waals surface area contributed by atoms with Gasteiger partial charge >= 0.3 is 5.97 Å². The average Bonchev–Trinajstić information content (AvgIpc) is 2.32. The number of ether oxygens (including phenoxy) is 1. The lowest BCUT2D eigenvalue weighted by Gasteiger charge is -1.98. The Labute approximate surface area is 99.6 Å². The van der Waals surface area contributed by atoms with Crippen molar-refractivity contribution < 1.29 is 14.3 Å². The number of hydrogen-bond donors (Lipinski definition) is 0.